The SMILES string of the molecule is CCNc1ccc(S(=O)(=O)N(CC)CC)cc1NC(=O)C1CCC1. The Balaban J connectivity index is 2.34. The maximum absolute atomic E-state index is 12.7. The normalized spacial score (nSPS) is 15.2. The Kier molecular flexibility index (Phi) is 6.23. The zero-order valence-electron chi connectivity index (χ0n) is 14.6. The van der Waals surface area contributed by atoms with Gasteiger partial charge in [0.2, 0.25) is 15.9 Å². The van der Waals surface area contributed by atoms with E-state index in [1.54, 1.807) is 18.2 Å². The van der Waals surface area contributed by atoms with Crippen LogP contribution in [0.3, 0.4) is 0 Å². The predicted octanol–water partition coefficient (Wildman–Crippen LogP) is 2.89. The summed E-state index contributed by atoms with van der Waals surface area (Å²) in [5, 5.41) is 6.07. The van der Waals surface area contributed by atoms with E-state index >= 15 is 0 Å². The van der Waals surface area contributed by atoms with Crippen LogP contribution in [-0.4, -0.2) is 38.3 Å². The van der Waals surface area contributed by atoms with Gasteiger partial charge in [-0.15, -0.1) is 0 Å². The first-order valence-corrected chi connectivity index (χ1v) is 10.1. The average Bonchev–Trinajstić information content (AvgIpc) is 2.48. The van der Waals surface area contributed by atoms with Crippen molar-refractivity contribution in [3.8, 4) is 0 Å². The van der Waals surface area contributed by atoms with Gasteiger partial charge in [-0.05, 0) is 38.0 Å². The van der Waals surface area contributed by atoms with Crippen molar-refractivity contribution in [3.05, 3.63) is 18.2 Å². The van der Waals surface area contributed by atoms with Gasteiger partial charge in [0.1, 0.15) is 0 Å². The zero-order valence-corrected chi connectivity index (χ0v) is 15.4. The van der Waals surface area contributed by atoms with Crippen molar-refractivity contribution in [2.75, 3.05) is 30.3 Å². The van der Waals surface area contributed by atoms with Crippen molar-refractivity contribution in [1.82, 2.24) is 4.31 Å². The number of amides is 1. The molecule has 0 radical (unpaired) electrons. The van der Waals surface area contributed by atoms with Crippen LogP contribution in [0, 0.1) is 5.92 Å². The molecule has 1 fully saturated rings. The molecular formula is C17H27N3O3S. The number of benzene rings is 1. The van der Waals surface area contributed by atoms with Gasteiger partial charge < -0.3 is 10.6 Å². The third-order valence-corrected chi connectivity index (χ3v) is 6.48. The molecule has 0 bridgehead atoms. The lowest BCUT2D eigenvalue weighted by Crippen LogP contribution is -2.31. The van der Waals surface area contributed by atoms with Gasteiger partial charge in [0.15, 0.2) is 0 Å². The van der Waals surface area contributed by atoms with Crippen LogP contribution in [-0.2, 0) is 14.8 Å². The lowest BCUT2D eigenvalue weighted by atomic mass is 9.85. The molecule has 2 N–H and O–H groups in total. The second-order valence-electron chi connectivity index (χ2n) is 5.94. The smallest absolute Gasteiger partial charge is 0.243 e. The van der Waals surface area contributed by atoms with E-state index < -0.39 is 10.0 Å². The molecule has 0 saturated heterocycles. The van der Waals surface area contributed by atoms with E-state index in [9.17, 15) is 13.2 Å². The molecule has 7 heteroatoms. The first kappa shape index (κ1) is 18.7. The highest BCUT2D eigenvalue weighted by Gasteiger charge is 2.27. The fourth-order valence-electron chi connectivity index (χ4n) is 2.75. The van der Waals surface area contributed by atoms with Crippen LogP contribution in [0.4, 0.5) is 11.4 Å². The standard InChI is InChI=1S/C17H27N3O3S/c1-4-18-15-11-10-14(24(22,23)20(5-2)6-3)12-16(15)19-17(21)13-8-7-9-13/h10-13,18H,4-9H2,1-3H3,(H,19,21). The van der Waals surface area contributed by atoms with Gasteiger partial charge in [-0.25, -0.2) is 8.42 Å². The molecule has 1 aliphatic carbocycles. The summed E-state index contributed by atoms with van der Waals surface area (Å²) in [5.74, 6) is 0.0142. The molecule has 0 atom stereocenters. The Bertz CT molecular complexity index is 680. The topological polar surface area (TPSA) is 78.5 Å². The van der Waals surface area contributed by atoms with Crippen LogP contribution >= 0.6 is 0 Å². The lowest BCUT2D eigenvalue weighted by molar-refractivity contribution is -0.122. The summed E-state index contributed by atoms with van der Waals surface area (Å²) in [6.45, 7) is 7.10. The monoisotopic (exact) mass is 353 g/mol. The molecule has 0 heterocycles. The van der Waals surface area contributed by atoms with E-state index in [2.05, 4.69) is 10.6 Å². The zero-order chi connectivity index (χ0) is 17.7. The van der Waals surface area contributed by atoms with E-state index in [4.69, 9.17) is 0 Å². The quantitative estimate of drug-likeness (QED) is 0.753. The van der Waals surface area contributed by atoms with Gasteiger partial charge in [0.05, 0.1) is 16.3 Å². The number of anilines is 2. The molecule has 134 valence electrons. The molecule has 2 rings (SSSR count). The van der Waals surface area contributed by atoms with Crippen molar-refractivity contribution in [2.45, 2.75) is 44.9 Å². The Morgan fingerprint density at radius 3 is 2.33 bits per heavy atom. The van der Waals surface area contributed by atoms with E-state index in [0.29, 0.717) is 25.3 Å². The fraction of sp³-hybridized carbons (Fsp3) is 0.588. The lowest BCUT2D eigenvalue weighted by Gasteiger charge is -2.25. The number of nitrogens with zero attached hydrogens (tertiary/aromatic N) is 1. The Morgan fingerprint density at radius 2 is 1.83 bits per heavy atom. The highest BCUT2D eigenvalue weighted by Crippen LogP contribution is 2.31. The van der Waals surface area contributed by atoms with Crippen LogP contribution in [0.15, 0.2) is 23.1 Å². The second-order valence-corrected chi connectivity index (χ2v) is 7.88. The first-order valence-electron chi connectivity index (χ1n) is 8.62. The Labute approximate surface area is 144 Å². The van der Waals surface area contributed by atoms with Crippen molar-refractivity contribution >= 4 is 27.3 Å². The van der Waals surface area contributed by atoms with E-state index in [1.165, 1.54) is 4.31 Å². The van der Waals surface area contributed by atoms with Crippen LogP contribution in [0.25, 0.3) is 0 Å². The average molecular weight is 353 g/mol. The minimum absolute atomic E-state index is 0.0298. The van der Waals surface area contributed by atoms with Crippen LogP contribution in [0.5, 0.6) is 0 Å². The van der Waals surface area contributed by atoms with E-state index in [0.717, 1.165) is 24.9 Å². The molecule has 0 aliphatic heterocycles. The molecule has 24 heavy (non-hydrogen) atoms. The molecule has 0 aromatic heterocycles. The minimum Gasteiger partial charge on any atom is -0.384 e. The molecule has 1 aromatic carbocycles. The van der Waals surface area contributed by atoms with E-state index in [1.807, 2.05) is 20.8 Å². The third kappa shape index (κ3) is 3.89. The van der Waals surface area contributed by atoms with E-state index in [-0.39, 0.29) is 16.7 Å². The highest BCUT2D eigenvalue weighted by molar-refractivity contribution is 7.89. The minimum atomic E-state index is -3.55. The number of hydrogen-bond acceptors (Lipinski definition) is 4. The predicted molar refractivity (Wildman–Crippen MR) is 96.7 cm³/mol. The summed E-state index contributed by atoms with van der Waals surface area (Å²) >= 11 is 0. The molecule has 1 saturated carbocycles. The van der Waals surface area contributed by atoms with Gasteiger partial charge >= 0.3 is 0 Å². The number of nitrogens with one attached hydrogen (secondary N) is 2. The van der Waals surface area contributed by atoms with Crippen LogP contribution in [0.1, 0.15) is 40.0 Å². The number of carbonyl (C=O) groups is 1. The largest absolute Gasteiger partial charge is 0.384 e. The van der Waals surface area contributed by atoms with Crippen molar-refractivity contribution < 1.29 is 13.2 Å². The van der Waals surface area contributed by atoms with Crippen molar-refractivity contribution in [1.29, 1.82) is 0 Å². The molecule has 1 aromatic rings. The highest BCUT2D eigenvalue weighted by atomic mass is 32.2. The molecule has 1 amide bonds. The number of sulfonamides is 1. The molecule has 0 unspecified atom stereocenters. The Hall–Kier alpha value is -1.60. The Morgan fingerprint density at radius 1 is 1.17 bits per heavy atom. The maximum atomic E-state index is 12.7. The number of carbonyl (C=O) groups excluding carboxylic acids is 1. The molecular weight excluding hydrogens is 326 g/mol. The summed E-state index contributed by atoms with van der Waals surface area (Å²) in [7, 11) is -3.55. The van der Waals surface area contributed by atoms with Gasteiger partial charge in [0.25, 0.3) is 0 Å². The van der Waals surface area contributed by atoms with Crippen molar-refractivity contribution in [3.63, 3.8) is 0 Å². The van der Waals surface area contributed by atoms with Crippen LogP contribution < -0.4 is 10.6 Å². The number of rotatable bonds is 8. The first-order chi connectivity index (χ1) is 11.4. The third-order valence-electron chi connectivity index (χ3n) is 4.44. The van der Waals surface area contributed by atoms with Gasteiger partial charge in [-0.1, -0.05) is 20.3 Å². The van der Waals surface area contributed by atoms with Gasteiger partial charge in [0, 0.05) is 25.6 Å². The number of hydrogen-bond donors (Lipinski definition) is 2. The summed E-state index contributed by atoms with van der Waals surface area (Å²) in [5.41, 5.74) is 1.27. The maximum Gasteiger partial charge on any atom is 0.243 e. The summed E-state index contributed by atoms with van der Waals surface area (Å²) in [4.78, 5) is 12.5. The molecule has 0 spiro atoms. The fourth-order valence-corrected chi connectivity index (χ4v) is 4.23. The molecule has 1 aliphatic rings. The summed E-state index contributed by atoms with van der Waals surface area (Å²) < 4.78 is 26.8. The van der Waals surface area contributed by atoms with Gasteiger partial charge in [-0.2, -0.15) is 4.31 Å². The molecule has 6 nitrogen and oxygen atoms in total. The van der Waals surface area contributed by atoms with Crippen molar-refractivity contribution in [2.24, 2.45) is 5.92 Å². The second kappa shape index (κ2) is 7.98. The van der Waals surface area contributed by atoms with Gasteiger partial charge in [-0.3, -0.25) is 4.79 Å². The summed E-state index contributed by atoms with van der Waals surface area (Å²) in [6, 6.07) is 4.86. The summed E-state index contributed by atoms with van der Waals surface area (Å²) in [6.07, 6.45) is 2.88. The van der Waals surface area contributed by atoms with Crippen LogP contribution in [0.2, 0.25) is 0 Å².